The fourth-order valence-electron chi connectivity index (χ4n) is 3.41. The Morgan fingerprint density at radius 2 is 1.90 bits per heavy atom. The van der Waals surface area contributed by atoms with E-state index in [4.69, 9.17) is 9.51 Å². The Hall–Kier alpha value is -2.93. The van der Waals surface area contributed by atoms with Gasteiger partial charge in [-0.2, -0.15) is 4.98 Å². The van der Waals surface area contributed by atoms with Crippen molar-refractivity contribution in [3.8, 4) is 5.69 Å². The van der Waals surface area contributed by atoms with Crippen molar-refractivity contribution in [2.24, 2.45) is 0 Å². The molecule has 1 aliphatic carbocycles. The number of hydrogen-bond acceptors (Lipinski definition) is 6. The van der Waals surface area contributed by atoms with E-state index in [1.54, 1.807) is 4.57 Å². The third-order valence-corrected chi connectivity index (χ3v) is 6.56. The van der Waals surface area contributed by atoms with Crippen molar-refractivity contribution in [1.82, 2.24) is 19.7 Å². The third-order valence-electron chi connectivity index (χ3n) is 5.52. The van der Waals surface area contributed by atoms with Crippen LogP contribution < -0.4 is 5.56 Å². The second-order valence-electron chi connectivity index (χ2n) is 7.85. The zero-order valence-electron chi connectivity index (χ0n) is 17.1. The summed E-state index contributed by atoms with van der Waals surface area (Å²) in [4.78, 5) is 22.8. The lowest BCUT2D eigenvalue weighted by molar-refractivity contribution is 0.374. The molecule has 4 aromatic rings. The second kappa shape index (κ2) is 7.40. The highest BCUT2D eigenvalue weighted by molar-refractivity contribution is 7.99. The molecule has 1 saturated carbocycles. The van der Waals surface area contributed by atoms with E-state index in [0.29, 0.717) is 27.9 Å². The lowest BCUT2D eigenvalue weighted by Gasteiger charge is -2.16. The molecule has 152 valence electrons. The third kappa shape index (κ3) is 3.43. The number of nitrogens with zero attached hydrogens (tertiary/aromatic N) is 4. The molecule has 7 heteroatoms. The standard InChI is InChI=1S/C23H22N4O2S/c1-13-8-11-17(12-14(13)2)27-22(28)18-6-4-5-7-19(18)24-23(27)30-15(3)21-25-20(26-29-21)16-9-10-16/h4-8,11-12,15-16H,9-10H2,1-3H3. The molecule has 0 saturated heterocycles. The summed E-state index contributed by atoms with van der Waals surface area (Å²) in [5.74, 6) is 1.79. The molecular weight excluding hydrogens is 396 g/mol. The topological polar surface area (TPSA) is 73.8 Å². The predicted octanol–water partition coefficient (Wildman–Crippen LogP) is 5.12. The van der Waals surface area contributed by atoms with Crippen LogP contribution in [0.4, 0.5) is 0 Å². The summed E-state index contributed by atoms with van der Waals surface area (Å²) < 4.78 is 7.19. The molecule has 0 spiro atoms. The van der Waals surface area contributed by atoms with Gasteiger partial charge < -0.3 is 4.52 Å². The summed E-state index contributed by atoms with van der Waals surface area (Å²) in [7, 11) is 0. The number of aryl methyl sites for hydroxylation is 2. The van der Waals surface area contributed by atoms with Crippen molar-refractivity contribution in [2.75, 3.05) is 0 Å². The number of thioether (sulfide) groups is 1. The molecule has 1 atom stereocenters. The van der Waals surface area contributed by atoms with Crippen molar-refractivity contribution in [3.63, 3.8) is 0 Å². The lowest BCUT2D eigenvalue weighted by Crippen LogP contribution is -2.22. The van der Waals surface area contributed by atoms with E-state index in [-0.39, 0.29) is 10.8 Å². The zero-order chi connectivity index (χ0) is 20.8. The minimum absolute atomic E-state index is 0.0808. The first-order valence-electron chi connectivity index (χ1n) is 10.1. The highest BCUT2D eigenvalue weighted by Crippen LogP contribution is 2.40. The van der Waals surface area contributed by atoms with Crippen LogP contribution in [0.5, 0.6) is 0 Å². The van der Waals surface area contributed by atoms with Crippen molar-refractivity contribution >= 4 is 22.7 Å². The summed E-state index contributed by atoms with van der Waals surface area (Å²) in [5, 5.41) is 5.20. The minimum atomic E-state index is -0.129. The molecule has 6 nitrogen and oxygen atoms in total. The van der Waals surface area contributed by atoms with Crippen LogP contribution in [0, 0.1) is 13.8 Å². The van der Waals surface area contributed by atoms with Crippen molar-refractivity contribution in [1.29, 1.82) is 0 Å². The van der Waals surface area contributed by atoms with Gasteiger partial charge in [0.25, 0.3) is 5.56 Å². The first-order valence-corrected chi connectivity index (χ1v) is 11.0. The van der Waals surface area contributed by atoms with E-state index in [1.165, 1.54) is 17.3 Å². The first-order chi connectivity index (χ1) is 14.5. The average Bonchev–Trinajstić information content (AvgIpc) is 3.47. The van der Waals surface area contributed by atoms with Crippen molar-refractivity contribution in [2.45, 2.75) is 49.9 Å². The fourth-order valence-corrected chi connectivity index (χ4v) is 4.37. The van der Waals surface area contributed by atoms with Gasteiger partial charge >= 0.3 is 0 Å². The lowest BCUT2D eigenvalue weighted by atomic mass is 10.1. The van der Waals surface area contributed by atoms with E-state index in [0.717, 1.165) is 29.9 Å². The van der Waals surface area contributed by atoms with Gasteiger partial charge in [-0.3, -0.25) is 9.36 Å². The van der Waals surface area contributed by atoms with Gasteiger partial charge in [-0.1, -0.05) is 35.1 Å². The van der Waals surface area contributed by atoms with Crippen LogP contribution >= 0.6 is 11.8 Å². The van der Waals surface area contributed by atoms with E-state index >= 15 is 0 Å². The number of benzene rings is 2. The molecule has 5 rings (SSSR count). The van der Waals surface area contributed by atoms with Crippen LogP contribution in [0.2, 0.25) is 0 Å². The minimum Gasteiger partial charge on any atom is -0.338 e. The van der Waals surface area contributed by atoms with E-state index in [1.807, 2.05) is 56.3 Å². The Kier molecular flexibility index (Phi) is 4.70. The Morgan fingerprint density at radius 3 is 2.67 bits per heavy atom. The maximum atomic E-state index is 13.4. The molecule has 0 radical (unpaired) electrons. The molecule has 0 bridgehead atoms. The van der Waals surface area contributed by atoms with Gasteiger partial charge in [0, 0.05) is 5.92 Å². The number of fused-ring (bicyclic) bond motifs is 1. The molecule has 2 aromatic heterocycles. The summed E-state index contributed by atoms with van der Waals surface area (Å²) in [6.45, 7) is 6.11. The molecule has 2 aromatic carbocycles. The van der Waals surface area contributed by atoms with Gasteiger partial charge in [0.1, 0.15) is 0 Å². The van der Waals surface area contributed by atoms with Crippen molar-refractivity contribution < 1.29 is 4.52 Å². The number of rotatable bonds is 5. The molecule has 2 heterocycles. The highest BCUT2D eigenvalue weighted by atomic mass is 32.2. The van der Waals surface area contributed by atoms with Crippen LogP contribution in [0.1, 0.15) is 53.8 Å². The van der Waals surface area contributed by atoms with Gasteiger partial charge in [-0.15, -0.1) is 0 Å². The zero-order valence-corrected chi connectivity index (χ0v) is 17.9. The van der Waals surface area contributed by atoms with Gasteiger partial charge in [0.15, 0.2) is 11.0 Å². The van der Waals surface area contributed by atoms with Crippen molar-refractivity contribution in [3.05, 3.63) is 75.7 Å². The Morgan fingerprint density at radius 1 is 1.10 bits per heavy atom. The SMILES string of the molecule is Cc1ccc(-n2c(SC(C)c3nc(C4CC4)no3)nc3ccccc3c2=O)cc1C. The summed E-state index contributed by atoms with van der Waals surface area (Å²) >= 11 is 1.46. The van der Waals surface area contributed by atoms with Gasteiger partial charge in [0.2, 0.25) is 5.89 Å². The smallest absolute Gasteiger partial charge is 0.266 e. The normalized spacial score (nSPS) is 14.9. The van der Waals surface area contributed by atoms with Gasteiger partial charge in [0.05, 0.1) is 21.8 Å². The van der Waals surface area contributed by atoms with Crippen LogP contribution in [-0.4, -0.2) is 19.7 Å². The molecule has 0 amide bonds. The first kappa shape index (κ1) is 19.1. The predicted molar refractivity (Wildman–Crippen MR) is 117 cm³/mol. The van der Waals surface area contributed by atoms with Crippen LogP contribution in [-0.2, 0) is 0 Å². The summed E-state index contributed by atoms with van der Waals surface area (Å²) in [5.41, 5.74) is 3.72. The molecule has 0 N–H and O–H groups in total. The van der Waals surface area contributed by atoms with E-state index in [9.17, 15) is 4.79 Å². The van der Waals surface area contributed by atoms with Crippen LogP contribution in [0.15, 0.2) is 56.9 Å². The molecule has 1 fully saturated rings. The molecule has 30 heavy (non-hydrogen) atoms. The maximum absolute atomic E-state index is 13.4. The number of para-hydroxylation sites is 1. The maximum Gasteiger partial charge on any atom is 0.266 e. The molecule has 1 aliphatic rings. The Labute approximate surface area is 178 Å². The fraction of sp³-hybridized carbons (Fsp3) is 0.304. The number of hydrogen-bond donors (Lipinski definition) is 0. The van der Waals surface area contributed by atoms with Gasteiger partial charge in [-0.25, -0.2) is 4.98 Å². The van der Waals surface area contributed by atoms with E-state index < -0.39 is 0 Å². The Balaban J connectivity index is 1.61. The summed E-state index contributed by atoms with van der Waals surface area (Å²) in [6, 6.07) is 13.5. The highest BCUT2D eigenvalue weighted by Gasteiger charge is 2.30. The summed E-state index contributed by atoms with van der Waals surface area (Å²) in [6.07, 6.45) is 2.25. The number of aromatic nitrogens is 4. The monoisotopic (exact) mass is 418 g/mol. The largest absolute Gasteiger partial charge is 0.338 e. The average molecular weight is 419 g/mol. The molecule has 1 unspecified atom stereocenters. The van der Waals surface area contributed by atoms with Crippen LogP contribution in [0.3, 0.4) is 0 Å². The van der Waals surface area contributed by atoms with Crippen LogP contribution in [0.25, 0.3) is 16.6 Å². The van der Waals surface area contributed by atoms with Gasteiger partial charge in [-0.05, 0) is 69.0 Å². The van der Waals surface area contributed by atoms with E-state index in [2.05, 4.69) is 17.1 Å². The quantitative estimate of drug-likeness (QED) is 0.331. The molecular formula is C23H22N4O2S. The Bertz CT molecular complexity index is 1310. The second-order valence-corrected chi connectivity index (χ2v) is 9.15. The molecule has 0 aliphatic heterocycles.